The highest BCUT2D eigenvalue weighted by Gasteiger charge is 2.30. The van der Waals surface area contributed by atoms with E-state index in [1.807, 2.05) is 31.2 Å². The van der Waals surface area contributed by atoms with Gasteiger partial charge in [-0.25, -0.2) is 8.42 Å². The highest BCUT2D eigenvalue weighted by molar-refractivity contribution is 7.89. The molecule has 2 aromatic carbocycles. The third kappa shape index (κ3) is 5.53. The fourth-order valence-corrected chi connectivity index (χ4v) is 5.70. The van der Waals surface area contributed by atoms with Crippen LogP contribution in [0.2, 0.25) is 10.0 Å². The molecule has 33 heavy (non-hydrogen) atoms. The van der Waals surface area contributed by atoms with Gasteiger partial charge in [0.15, 0.2) is 0 Å². The summed E-state index contributed by atoms with van der Waals surface area (Å²) in [5.41, 5.74) is 7.83. The molecule has 1 aliphatic heterocycles. The number of hydrogen-bond donors (Lipinski definition) is 2. The number of benzene rings is 2. The predicted molar refractivity (Wildman–Crippen MR) is 129 cm³/mol. The van der Waals surface area contributed by atoms with Gasteiger partial charge in [-0.05, 0) is 36.8 Å². The minimum absolute atomic E-state index is 0.0160. The van der Waals surface area contributed by atoms with Gasteiger partial charge >= 0.3 is 0 Å². The molecule has 3 aromatic rings. The van der Waals surface area contributed by atoms with Crippen LogP contribution in [0.25, 0.3) is 0 Å². The van der Waals surface area contributed by atoms with Gasteiger partial charge in [-0.2, -0.15) is 19.3 Å². The smallest absolute Gasteiger partial charge is 0.244 e. The van der Waals surface area contributed by atoms with Gasteiger partial charge in [-0.15, -0.1) is 0 Å². The number of piperazine rings is 1. The number of rotatable bonds is 6. The Hall–Kier alpha value is -2.50. The molecule has 0 aliphatic carbocycles. The molecule has 0 spiro atoms. The summed E-state index contributed by atoms with van der Waals surface area (Å²) in [6.07, 6.45) is 0. The second kappa shape index (κ2) is 9.78. The van der Waals surface area contributed by atoms with E-state index in [1.165, 1.54) is 16.4 Å². The van der Waals surface area contributed by atoms with E-state index in [0.717, 1.165) is 11.3 Å². The Morgan fingerprint density at radius 3 is 2.48 bits per heavy atom. The monoisotopic (exact) mass is 507 g/mol. The highest BCUT2D eigenvalue weighted by atomic mass is 35.5. The van der Waals surface area contributed by atoms with Gasteiger partial charge in [-0.3, -0.25) is 4.90 Å². The number of para-hydroxylation sites is 1. The van der Waals surface area contributed by atoms with Gasteiger partial charge in [0.05, 0.1) is 11.6 Å². The van der Waals surface area contributed by atoms with Crippen molar-refractivity contribution >= 4 is 50.8 Å². The van der Waals surface area contributed by atoms with Crippen LogP contribution < -0.4 is 11.1 Å². The first kappa shape index (κ1) is 23.7. The van der Waals surface area contributed by atoms with E-state index in [4.69, 9.17) is 28.9 Å². The zero-order valence-corrected chi connectivity index (χ0v) is 20.2. The molecule has 1 aliphatic rings. The number of nitrogen functional groups attached to an aromatic ring is 1. The zero-order chi connectivity index (χ0) is 23.6. The number of aryl methyl sites for hydroxylation is 1. The van der Waals surface area contributed by atoms with Gasteiger partial charge in [0.1, 0.15) is 10.7 Å². The molecule has 0 unspecified atom stereocenters. The second-order valence-corrected chi connectivity index (χ2v) is 10.4. The summed E-state index contributed by atoms with van der Waals surface area (Å²) in [6.45, 7) is 4.02. The first-order valence-corrected chi connectivity index (χ1v) is 12.4. The molecule has 1 aromatic heterocycles. The summed E-state index contributed by atoms with van der Waals surface area (Å²) < 4.78 is 27.5. The predicted octanol–water partition coefficient (Wildman–Crippen LogP) is 3.32. The van der Waals surface area contributed by atoms with Crippen molar-refractivity contribution in [1.82, 2.24) is 24.2 Å². The first-order valence-electron chi connectivity index (χ1n) is 10.2. The molecule has 0 atom stereocenters. The third-order valence-electron chi connectivity index (χ3n) is 5.30. The van der Waals surface area contributed by atoms with Crippen molar-refractivity contribution in [3.05, 3.63) is 63.9 Å². The van der Waals surface area contributed by atoms with E-state index in [9.17, 15) is 8.42 Å². The van der Waals surface area contributed by atoms with Crippen LogP contribution in [0.4, 0.5) is 17.6 Å². The maximum Gasteiger partial charge on any atom is 0.244 e. The maximum absolute atomic E-state index is 13.0. The first-order chi connectivity index (χ1) is 15.7. The Morgan fingerprint density at radius 1 is 1.03 bits per heavy atom. The summed E-state index contributed by atoms with van der Waals surface area (Å²) in [5.74, 6) is 0.990. The van der Waals surface area contributed by atoms with Crippen LogP contribution in [0.5, 0.6) is 0 Å². The average Bonchev–Trinajstić information content (AvgIpc) is 2.77. The molecule has 1 saturated heterocycles. The lowest BCUT2D eigenvalue weighted by molar-refractivity contribution is 0.178. The lowest BCUT2D eigenvalue weighted by Gasteiger charge is -2.33. The number of halogens is 2. The minimum Gasteiger partial charge on any atom is -0.368 e. The number of nitrogens with one attached hydrogen (secondary N) is 1. The quantitative estimate of drug-likeness (QED) is 0.521. The molecule has 0 amide bonds. The number of aromatic nitrogens is 3. The maximum atomic E-state index is 13.0. The van der Waals surface area contributed by atoms with Crippen molar-refractivity contribution < 1.29 is 8.42 Å². The molecule has 12 heteroatoms. The molecular formula is C21H23Cl2N7O2S. The Bertz CT molecular complexity index is 1270. The van der Waals surface area contributed by atoms with Crippen LogP contribution in [-0.2, 0) is 16.6 Å². The average molecular weight is 508 g/mol. The molecule has 0 bridgehead atoms. The van der Waals surface area contributed by atoms with E-state index in [2.05, 4.69) is 25.2 Å². The molecule has 9 nitrogen and oxygen atoms in total. The molecule has 2 heterocycles. The molecule has 4 rings (SSSR count). The van der Waals surface area contributed by atoms with E-state index in [1.54, 1.807) is 6.07 Å². The van der Waals surface area contributed by atoms with Crippen molar-refractivity contribution in [2.75, 3.05) is 37.2 Å². The number of nitrogens with two attached hydrogens (primary N) is 1. The largest absolute Gasteiger partial charge is 0.368 e. The van der Waals surface area contributed by atoms with Gasteiger partial charge < -0.3 is 11.1 Å². The fraction of sp³-hybridized carbons (Fsp3) is 0.286. The SMILES string of the molecule is Cc1ccccc1Nc1nc(N)nc(CN2CCN(S(=O)(=O)c3cc(Cl)ccc3Cl)CC2)n1. The van der Waals surface area contributed by atoms with Gasteiger partial charge in [0, 0.05) is 36.9 Å². The zero-order valence-electron chi connectivity index (χ0n) is 17.9. The van der Waals surface area contributed by atoms with Crippen molar-refractivity contribution in [3.8, 4) is 0 Å². The Labute approximate surface area is 202 Å². The summed E-state index contributed by atoms with van der Waals surface area (Å²) in [4.78, 5) is 15.0. The molecule has 3 N–H and O–H groups in total. The lowest BCUT2D eigenvalue weighted by atomic mass is 10.2. The minimum atomic E-state index is -3.74. The van der Waals surface area contributed by atoms with Gasteiger partial charge in [-0.1, -0.05) is 41.4 Å². The summed E-state index contributed by atoms with van der Waals surface area (Å²) in [5, 5.41) is 3.64. The number of anilines is 3. The van der Waals surface area contributed by atoms with E-state index < -0.39 is 10.0 Å². The van der Waals surface area contributed by atoms with Crippen LogP contribution in [0.3, 0.4) is 0 Å². The van der Waals surface area contributed by atoms with E-state index in [-0.39, 0.29) is 15.9 Å². The van der Waals surface area contributed by atoms with Crippen molar-refractivity contribution in [3.63, 3.8) is 0 Å². The van der Waals surface area contributed by atoms with Crippen LogP contribution in [0.15, 0.2) is 47.4 Å². The molecule has 0 saturated carbocycles. The standard InChI is InChI=1S/C21H23Cl2N7O2S/c1-14-4-2-3-5-17(14)25-21-27-19(26-20(24)28-21)13-29-8-10-30(11-9-29)33(31,32)18-12-15(22)6-7-16(18)23/h2-7,12H,8-11,13H2,1H3,(H3,24,25,26,27,28). The summed E-state index contributed by atoms with van der Waals surface area (Å²) in [7, 11) is -3.74. The van der Waals surface area contributed by atoms with E-state index >= 15 is 0 Å². The third-order valence-corrected chi connectivity index (χ3v) is 7.91. The summed E-state index contributed by atoms with van der Waals surface area (Å²) in [6, 6.07) is 12.2. The van der Waals surface area contributed by atoms with Crippen LogP contribution in [0, 0.1) is 6.92 Å². The van der Waals surface area contributed by atoms with Crippen LogP contribution in [0.1, 0.15) is 11.4 Å². The van der Waals surface area contributed by atoms with Gasteiger partial charge in [0.2, 0.25) is 21.9 Å². The summed E-state index contributed by atoms with van der Waals surface area (Å²) >= 11 is 12.1. The van der Waals surface area contributed by atoms with Crippen molar-refractivity contribution in [2.24, 2.45) is 0 Å². The molecular weight excluding hydrogens is 485 g/mol. The van der Waals surface area contributed by atoms with Crippen LogP contribution >= 0.6 is 23.2 Å². The topological polar surface area (TPSA) is 117 Å². The normalized spacial score (nSPS) is 15.5. The van der Waals surface area contributed by atoms with Crippen molar-refractivity contribution in [1.29, 1.82) is 0 Å². The van der Waals surface area contributed by atoms with Crippen molar-refractivity contribution in [2.45, 2.75) is 18.4 Å². The Kier molecular flexibility index (Phi) is 7.01. The molecule has 174 valence electrons. The van der Waals surface area contributed by atoms with Gasteiger partial charge in [0.25, 0.3) is 0 Å². The number of nitrogens with zero attached hydrogens (tertiary/aromatic N) is 5. The Morgan fingerprint density at radius 2 is 1.76 bits per heavy atom. The molecule has 0 radical (unpaired) electrons. The second-order valence-electron chi connectivity index (χ2n) is 7.63. The number of sulfonamides is 1. The fourth-order valence-electron chi connectivity index (χ4n) is 3.54. The lowest BCUT2D eigenvalue weighted by Crippen LogP contribution is -2.48. The van der Waals surface area contributed by atoms with E-state index in [0.29, 0.717) is 49.5 Å². The number of hydrogen-bond acceptors (Lipinski definition) is 8. The highest BCUT2D eigenvalue weighted by Crippen LogP contribution is 2.28. The Balaban J connectivity index is 1.42. The van der Waals surface area contributed by atoms with Crippen LogP contribution in [-0.4, -0.2) is 58.8 Å². The molecule has 1 fully saturated rings.